The molecular weight excluding hydrogens is 181 g/mol. The van der Waals surface area contributed by atoms with Crippen LogP contribution in [0.15, 0.2) is 18.2 Å². The highest BCUT2D eigenvalue weighted by Gasteiger charge is 2.10. The van der Waals surface area contributed by atoms with Crippen molar-refractivity contribution in [1.82, 2.24) is 4.90 Å². The molecule has 14 heavy (non-hydrogen) atoms. The topological polar surface area (TPSA) is 12.5 Å². The fourth-order valence-corrected chi connectivity index (χ4v) is 1.58. The van der Waals surface area contributed by atoms with Gasteiger partial charge in [-0.25, -0.2) is 4.39 Å². The fourth-order valence-electron chi connectivity index (χ4n) is 1.58. The van der Waals surface area contributed by atoms with Crippen LogP contribution >= 0.6 is 0 Å². The first-order valence-electron chi connectivity index (χ1n) is 4.81. The molecule has 1 aliphatic heterocycles. The summed E-state index contributed by atoms with van der Waals surface area (Å²) < 4.78 is 18.1. The molecule has 75 valence electrons. The van der Waals surface area contributed by atoms with E-state index in [-0.39, 0.29) is 5.82 Å². The Morgan fingerprint density at radius 2 is 2.14 bits per heavy atom. The minimum absolute atomic E-state index is 0.282. The van der Waals surface area contributed by atoms with Gasteiger partial charge >= 0.3 is 0 Å². The average molecular weight is 194 g/mol. The second kappa shape index (κ2) is 4.53. The molecule has 0 N–H and O–H groups in total. The Bertz CT molecular complexity index is 297. The minimum Gasteiger partial charge on any atom is -0.379 e. The van der Waals surface area contributed by atoms with Gasteiger partial charge in [-0.2, -0.15) is 0 Å². The summed E-state index contributed by atoms with van der Waals surface area (Å²) in [7, 11) is 0. The molecule has 0 atom stereocenters. The van der Waals surface area contributed by atoms with Crippen molar-refractivity contribution in [3.63, 3.8) is 0 Å². The third kappa shape index (κ3) is 2.53. The number of hydrogen-bond acceptors (Lipinski definition) is 2. The average Bonchev–Trinajstić information content (AvgIpc) is 2.19. The van der Waals surface area contributed by atoms with E-state index in [1.54, 1.807) is 6.07 Å². The maximum Gasteiger partial charge on any atom is 0.131 e. The summed E-state index contributed by atoms with van der Waals surface area (Å²) in [6.45, 7) is 4.15. The zero-order chi connectivity index (χ0) is 9.80. The zero-order valence-electron chi connectivity index (χ0n) is 8.00. The Balaban J connectivity index is 1.95. The molecule has 0 amide bonds. The summed E-state index contributed by atoms with van der Waals surface area (Å²) >= 11 is 0. The SMILES string of the molecule is Fc1[c]c(CN2CCOCC2)ccc1. The van der Waals surface area contributed by atoms with E-state index in [2.05, 4.69) is 11.0 Å². The predicted molar refractivity (Wildman–Crippen MR) is 51.3 cm³/mol. The third-order valence-corrected chi connectivity index (χ3v) is 2.32. The zero-order valence-corrected chi connectivity index (χ0v) is 8.00. The summed E-state index contributed by atoms with van der Waals surface area (Å²) in [5.41, 5.74) is 0.909. The number of halogens is 1. The summed E-state index contributed by atoms with van der Waals surface area (Å²) in [6, 6.07) is 7.75. The number of hydrogen-bond donors (Lipinski definition) is 0. The molecular formula is C11H13FNO. The molecule has 1 heterocycles. The predicted octanol–water partition coefficient (Wildman–Crippen LogP) is 1.46. The monoisotopic (exact) mass is 194 g/mol. The lowest BCUT2D eigenvalue weighted by Gasteiger charge is -2.26. The molecule has 0 spiro atoms. The van der Waals surface area contributed by atoms with Gasteiger partial charge in [0.25, 0.3) is 0 Å². The molecule has 1 aromatic rings. The normalized spacial score (nSPS) is 18.4. The lowest BCUT2D eigenvalue weighted by molar-refractivity contribution is 0.0341. The van der Waals surface area contributed by atoms with Crippen LogP contribution in [0.1, 0.15) is 5.56 Å². The van der Waals surface area contributed by atoms with Crippen molar-refractivity contribution < 1.29 is 9.13 Å². The van der Waals surface area contributed by atoms with Crippen LogP contribution in [-0.4, -0.2) is 31.2 Å². The van der Waals surface area contributed by atoms with Crippen molar-refractivity contribution in [2.75, 3.05) is 26.3 Å². The number of nitrogens with zero attached hydrogens (tertiary/aromatic N) is 1. The van der Waals surface area contributed by atoms with Crippen LogP contribution in [0.5, 0.6) is 0 Å². The lowest BCUT2D eigenvalue weighted by atomic mass is 10.2. The number of benzene rings is 1. The first-order valence-corrected chi connectivity index (χ1v) is 4.81. The Hall–Kier alpha value is -0.930. The Morgan fingerprint density at radius 3 is 2.86 bits per heavy atom. The van der Waals surface area contributed by atoms with Gasteiger partial charge in [0.1, 0.15) is 5.82 Å². The molecule has 0 bridgehead atoms. The van der Waals surface area contributed by atoms with Gasteiger partial charge in [-0.05, 0) is 11.6 Å². The van der Waals surface area contributed by atoms with Gasteiger partial charge in [-0.1, -0.05) is 12.1 Å². The van der Waals surface area contributed by atoms with Crippen molar-refractivity contribution in [3.8, 4) is 0 Å². The second-order valence-corrected chi connectivity index (χ2v) is 3.41. The maximum atomic E-state index is 12.8. The van der Waals surface area contributed by atoms with Crippen LogP contribution in [-0.2, 0) is 11.3 Å². The summed E-state index contributed by atoms with van der Waals surface area (Å²) in [5, 5.41) is 0. The molecule has 0 unspecified atom stereocenters. The second-order valence-electron chi connectivity index (χ2n) is 3.41. The van der Waals surface area contributed by atoms with Gasteiger partial charge in [-0.15, -0.1) is 0 Å². The molecule has 0 aliphatic carbocycles. The molecule has 0 aromatic heterocycles. The lowest BCUT2D eigenvalue weighted by Crippen LogP contribution is -2.35. The van der Waals surface area contributed by atoms with E-state index in [1.165, 1.54) is 6.07 Å². The van der Waals surface area contributed by atoms with E-state index in [4.69, 9.17) is 4.74 Å². The smallest absolute Gasteiger partial charge is 0.131 e. The maximum absolute atomic E-state index is 12.8. The molecule has 3 heteroatoms. The van der Waals surface area contributed by atoms with Crippen LogP contribution < -0.4 is 0 Å². The quantitative estimate of drug-likeness (QED) is 0.706. The summed E-state index contributed by atoms with van der Waals surface area (Å²) in [5.74, 6) is -0.282. The van der Waals surface area contributed by atoms with Crippen molar-refractivity contribution in [2.24, 2.45) is 0 Å². The van der Waals surface area contributed by atoms with Crippen molar-refractivity contribution in [1.29, 1.82) is 0 Å². The van der Waals surface area contributed by atoms with E-state index < -0.39 is 0 Å². The molecule has 1 radical (unpaired) electrons. The first kappa shape index (κ1) is 9.62. The highest BCUT2D eigenvalue weighted by atomic mass is 19.1. The van der Waals surface area contributed by atoms with Crippen LogP contribution in [0, 0.1) is 11.9 Å². The molecule has 1 fully saturated rings. The van der Waals surface area contributed by atoms with E-state index in [0.29, 0.717) is 0 Å². The van der Waals surface area contributed by atoms with Gasteiger partial charge in [0.2, 0.25) is 0 Å². The van der Waals surface area contributed by atoms with Gasteiger partial charge in [0, 0.05) is 25.7 Å². The molecule has 2 nitrogen and oxygen atoms in total. The highest BCUT2D eigenvalue weighted by Crippen LogP contribution is 2.07. The van der Waals surface area contributed by atoms with E-state index in [1.807, 2.05) is 6.07 Å². The molecule has 2 rings (SSSR count). The minimum atomic E-state index is -0.282. The number of morpholine rings is 1. The molecule has 0 saturated carbocycles. The number of rotatable bonds is 2. The van der Waals surface area contributed by atoms with Crippen molar-refractivity contribution in [3.05, 3.63) is 35.6 Å². The van der Waals surface area contributed by atoms with Gasteiger partial charge in [0.05, 0.1) is 13.2 Å². The summed E-state index contributed by atoms with van der Waals surface area (Å²) in [4.78, 5) is 2.24. The van der Waals surface area contributed by atoms with E-state index in [0.717, 1.165) is 38.4 Å². The molecule has 1 saturated heterocycles. The van der Waals surface area contributed by atoms with Crippen molar-refractivity contribution >= 4 is 0 Å². The summed E-state index contributed by atoms with van der Waals surface area (Å²) in [6.07, 6.45) is 0. The van der Waals surface area contributed by atoms with Crippen LogP contribution in [0.2, 0.25) is 0 Å². The first-order chi connectivity index (χ1) is 6.84. The van der Waals surface area contributed by atoms with Crippen LogP contribution in [0.25, 0.3) is 0 Å². The largest absolute Gasteiger partial charge is 0.379 e. The standard InChI is InChI=1S/C11H13FNO/c12-11-3-1-2-10(8-11)9-13-4-6-14-7-5-13/h1-3H,4-7,9H2. The molecule has 1 aliphatic rings. The number of ether oxygens (including phenoxy) is 1. The van der Waals surface area contributed by atoms with E-state index >= 15 is 0 Å². The highest BCUT2D eigenvalue weighted by molar-refractivity contribution is 5.14. The Kier molecular flexibility index (Phi) is 3.11. The van der Waals surface area contributed by atoms with Gasteiger partial charge in [0.15, 0.2) is 0 Å². The van der Waals surface area contributed by atoms with Crippen molar-refractivity contribution in [2.45, 2.75) is 6.54 Å². The fraction of sp³-hybridized carbons (Fsp3) is 0.455. The third-order valence-electron chi connectivity index (χ3n) is 2.32. The van der Waals surface area contributed by atoms with E-state index in [9.17, 15) is 4.39 Å². The van der Waals surface area contributed by atoms with Gasteiger partial charge < -0.3 is 4.74 Å². The Morgan fingerprint density at radius 1 is 1.36 bits per heavy atom. The molecule has 1 aromatic carbocycles. The Labute approximate surface area is 83.3 Å². The van der Waals surface area contributed by atoms with Gasteiger partial charge in [-0.3, -0.25) is 4.90 Å². The van der Waals surface area contributed by atoms with Crippen LogP contribution in [0.4, 0.5) is 4.39 Å². The van der Waals surface area contributed by atoms with Crippen LogP contribution in [0.3, 0.4) is 0 Å².